The Labute approximate surface area is 243 Å². The number of para-hydroxylation sites is 1. The van der Waals surface area contributed by atoms with Gasteiger partial charge in [-0.1, -0.05) is 49.0 Å². The Morgan fingerprint density at radius 2 is 1.65 bits per heavy atom. The van der Waals surface area contributed by atoms with Gasteiger partial charge < -0.3 is 14.7 Å². The molecule has 8 nitrogen and oxygen atoms in total. The van der Waals surface area contributed by atoms with Crippen LogP contribution in [0.4, 0.5) is 5.69 Å². The molecule has 0 spiro atoms. The van der Waals surface area contributed by atoms with Crippen LogP contribution in [-0.4, -0.2) is 85.9 Å². The summed E-state index contributed by atoms with van der Waals surface area (Å²) in [6.45, 7) is 8.97. The molecule has 40 heavy (non-hydrogen) atoms. The van der Waals surface area contributed by atoms with Gasteiger partial charge in [0.25, 0.3) is 0 Å². The van der Waals surface area contributed by atoms with Crippen LogP contribution in [0.1, 0.15) is 39.2 Å². The van der Waals surface area contributed by atoms with Crippen LogP contribution >= 0.6 is 11.8 Å². The molecule has 0 aromatic heterocycles. The second-order valence-corrected chi connectivity index (χ2v) is 13.6. The number of anilines is 1. The summed E-state index contributed by atoms with van der Waals surface area (Å²) in [5.41, 5.74) is 1.66. The highest BCUT2D eigenvalue weighted by Crippen LogP contribution is 2.22. The molecule has 1 heterocycles. The maximum absolute atomic E-state index is 13.3. The van der Waals surface area contributed by atoms with Gasteiger partial charge in [-0.2, -0.15) is 0 Å². The number of amides is 2. The monoisotopic (exact) mass is 587 g/mol. The predicted molar refractivity (Wildman–Crippen MR) is 161 cm³/mol. The number of hydrogen-bond acceptors (Lipinski definition) is 7. The summed E-state index contributed by atoms with van der Waals surface area (Å²) in [6.07, 6.45) is 3.13. The van der Waals surface area contributed by atoms with Crippen LogP contribution in [0.5, 0.6) is 0 Å². The normalized spacial score (nSPS) is 15.4. The summed E-state index contributed by atoms with van der Waals surface area (Å²) in [5.74, 6) is 0.256. The molecule has 10 heteroatoms. The quantitative estimate of drug-likeness (QED) is 0.372. The standard InChI is InChI=1S/C30H41N3O5S2/c1-5-32(29(35)21-25-11-13-28(14-12-25)40(4,37)38)27-15-17-31(18-16-27)19-20-33(26-9-7-6-8-10-26)30(36)23(2)22-39-24(3)34/h6-14,23,27H,5,15-22H2,1-4H3. The van der Waals surface area contributed by atoms with Gasteiger partial charge in [-0.15, -0.1) is 0 Å². The molecule has 218 valence electrons. The van der Waals surface area contributed by atoms with E-state index in [1.54, 1.807) is 24.3 Å². The van der Waals surface area contributed by atoms with Crippen molar-refractivity contribution >= 4 is 44.2 Å². The van der Waals surface area contributed by atoms with E-state index in [4.69, 9.17) is 0 Å². The van der Waals surface area contributed by atoms with E-state index in [2.05, 4.69) is 4.90 Å². The van der Waals surface area contributed by atoms with Crippen molar-refractivity contribution in [2.45, 2.75) is 51.0 Å². The fourth-order valence-electron chi connectivity index (χ4n) is 5.02. The Morgan fingerprint density at radius 3 is 2.20 bits per heavy atom. The molecule has 0 aliphatic carbocycles. The first kappa shape index (κ1) is 31.8. The maximum atomic E-state index is 13.3. The number of hydrogen-bond donors (Lipinski definition) is 0. The molecule has 0 radical (unpaired) electrons. The van der Waals surface area contributed by atoms with E-state index in [-0.39, 0.29) is 40.2 Å². The van der Waals surface area contributed by atoms with Gasteiger partial charge in [0.15, 0.2) is 15.0 Å². The zero-order valence-corrected chi connectivity index (χ0v) is 25.5. The van der Waals surface area contributed by atoms with Crippen molar-refractivity contribution in [1.29, 1.82) is 0 Å². The minimum absolute atomic E-state index is 0.0123. The highest BCUT2D eigenvalue weighted by molar-refractivity contribution is 8.13. The average molecular weight is 588 g/mol. The number of benzene rings is 2. The Hall–Kier alpha value is -2.69. The highest BCUT2D eigenvalue weighted by Gasteiger charge is 2.28. The highest BCUT2D eigenvalue weighted by atomic mass is 32.2. The molecule has 0 bridgehead atoms. The van der Waals surface area contributed by atoms with Crippen molar-refractivity contribution < 1.29 is 22.8 Å². The SMILES string of the molecule is CCN(C(=O)Cc1ccc(S(C)(=O)=O)cc1)C1CCN(CCN(C(=O)C(C)CSC(C)=O)c2ccccc2)CC1. The van der Waals surface area contributed by atoms with E-state index in [0.29, 0.717) is 18.8 Å². The number of rotatable bonds is 12. The molecule has 3 rings (SSSR count). The first-order valence-electron chi connectivity index (χ1n) is 13.8. The van der Waals surface area contributed by atoms with Crippen molar-refractivity contribution in [3.05, 3.63) is 60.2 Å². The van der Waals surface area contributed by atoms with Gasteiger partial charge in [0.05, 0.1) is 11.3 Å². The average Bonchev–Trinajstić information content (AvgIpc) is 2.93. The molecule has 1 atom stereocenters. The number of carbonyl (C=O) groups is 3. The van der Waals surface area contributed by atoms with Crippen LogP contribution in [0.2, 0.25) is 0 Å². The lowest BCUT2D eigenvalue weighted by Crippen LogP contribution is -2.49. The molecular weight excluding hydrogens is 546 g/mol. The second-order valence-electron chi connectivity index (χ2n) is 10.4. The molecule has 0 N–H and O–H groups in total. The second kappa shape index (κ2) is 14.8. The number of piperidine rings is 1. The van der Waals surface area contributed by atoms with E-state index >= 15 is 0 Å². The van der Waals surface area contributed by atoms with E-state index in [0.717, 1.165) is 43.7 Å². The lowest BCUT2D eigenvalue weighted by molar-refractivity contribution is -0.133. The summed E-state index contributed by atoms with van der Waals surface area (Å²) < 4.78 is 23.4. The number of nitrogens with zero attached hydrogens (tertiary/aromatic N) is 3. The van der Waals surface area contributed by atoms with Crippen molar-refractivity contribution in [2.75, 3.05) is 49.6 Å². The van der Waals surface area contributed by atoms with Crippen molar-refractivity contribution in [1.82, 2.24) is 9.80 Å². The van der Waals surface area contributed by atoms with E-state index in [9.17, 15) is 22.8 Å². The van der Waals surface area contributed by atoms with Gasteiger partial charge in [-0.3, -0.25) is 14.4 Å². The number of likely N-dealkylation sites (N-methyl/N-ethyl adjacent to an activating group) is 1. The summed E-state index contributed by atoms with van der Waals surface area (Å²) in [7, 11) is -3.27. The van der Waals surface area contributed by atoms with Crippen LogP contribution in [0.3, 0.4) is 0 Å². The van der Waals surface area contributed by atoms with Crippen LogP contribution in [0, 0.1) is 5.92 Å². The van der Waals surface area contributed by atoms with Gasteiger partial charge in [-0.25, -0.2) is 8.42 Å². The smallest absolute Gasteiger partial charge is 0.230 e. The largest absolute Gasteiger partial charge is 0.340 e. The predicted octanol–water partition coefficient (Wildman–Crippen LogP) is 3.89. The fourth-order valence-corrected chi connectivity index (χ4v) is 6.28. The molecule has 1 aliphatic heterocycles. The van der Waals surface area contributed by atoms with Gasteiger partial charge in [0.2, 0.25) is 11.8 Å². The summed E-state index contributed by atoms with van der Waals surface area (Å²) in [5, 5.41) is 0.0123. The third-order valence-electron chi connectivity index (χ3n) is 7.30. The molecule has 1 fully saturated rings. The Balaban J connectivity index is 1.55. The van der Waals surface area contributed by atoms with Crippen molar-refractivity contribution in [3.63, 3.8) is 0 Å². The first-order valence-corrected chi connectivity index (χ1v) is 16.7. The van der Waals surface area contributed by atoms with E-state index < -0.39 is 9.84 Å². The summed E-state index contributed by atoms with van der Waals surface area (Å²) >= 11 is 1.18. The molecule has 2 amide bonds. The van der Waals surface area contributed by atoms with Gasteiger partial charge in [0, 0.05) is 69.3 Å². The van der Waals surface area contributed by atoms with Crippen LogP contribution < -0.4 is 4.90 Å². The number of carbonyl (C=O) groups excluding carboxylic acids is 3. The molecule has 2 aromatic carbocycles. The lowest BCUT2D eigenvalue weighted by atomic mass is 10.0. The molecule has 1 unspecified atom stereocenters. The molecule has 0 saturated carbocycles. The maximum Gasteiger partial charge on any atom is 0.230 e. The number of likely N-dealkylation sites (tertiary alicyclic amines) is 1. The minimum Gasteiger partial charge on any atom is -0.340 e. The fraction of sp³-hybridized carbons (Fsp3) is 0.500. The zero-order valence-electron chi connectivity index (χ0n) is 23.9. The van der Waals surface area contributed by atoms with Crippen LogP contribution in [0.15, 0.2) is 59.5 Å². The van der Waals surface area contributed by atoms with Crippen molar-refractivity contribution in [2.24, 2.45) is 5.92 Å². The van der Waals surface area contributed by atoms with E-state index in [1.807, 2.05) is 54.0 Å². The summed E-state index contributed by atoms with van der Waals surface area (Å²) in [4.78, 5) is 44.2. The van der Waals surface area contributed by atoms with E-state index in [1.165, 1.54) is 24.9 Å². The van der Waals surface area contributed by atoms with Gasteiger partial charge >= 0.3 is 0 Å². The van der Waals surface area contributed by atoms with Crippen LogP contribution in [0.25, 0.3) is 0 Å². The molecule has 2 aromatic rings. The topological polar surface area (TPSA) is 95.1 Å². The van der Waals surface area contributed by atoms with Gasteiger partial charge in [-0.05, 0) is 49.6 Å². The Bertz CT molecular complexity index is 1240. The third-order valence-corrected chi connectivity index (χ3v) is 9.50. The zero-order chi connectivity index (χ0) is 29.3. The number of sulfone groups is 1. The minimum atomic E-state index is -3.27. The van der Waals surface area contributed by atoms with Crippen molar-refractivity contribution in [3.8, 4) is 0 Å². The molecule has 1 saturated heterocycles. The molecular formula is C30H41N3O5S2. The lowest BCUT2D eigenvalue weighted by Gasteiger charge is -2.39. The Morgan fingerprint density at radius 1 is 1.02 bits per heavy atom. The molecule has 1 aliphatic rings. The first-order chi connectivity index (χ1) is 19.0. The Kier molecular flexibility index (Phi) is 11.8. The number of thioether (sulfide) groups is 1. The summed E-state index contributed by atoms with van der Waals surface area (Å²) in [6, 6.07) is 16.3. The van der Waals surface area contributed by atoms with Gasteiger partial charge in [0.1, 0.15) is 0 Å². The third kappa shape index (κ3) is 9.17. The van der Waals surface area contributed by atoms with Crippen LogP contribution in [-0.2, 0) is 30.6 Å².